The van der Waals surface area contributed by atoms with Gasteiger partial charge in [0.1, 0.15) is 10.6 Å². The van der Waals surface area contributed by atoms with Crippen molar-refractivity contribution in [3.63, 3.8) is 0 Å². The summed E-state index contributed by atoms with van der Waals surface area (Å²) in [5, 5.41) is 5.09. The summed E-state index contributed by atoms with van der Waals surface area (Å²) in [6.45, 7) is 1.17. The number of hydrogen-bond donors (Lipinski definition) is 3. The van der Waals surface area contributed by atoms with Crippen LogP contribution in [-0.2, 0) is 14.8 Å². The van der Waals surface area contributed by atoms with Crippen LogP contribution >= 0.6 is 0 Å². The maximum absolute atomic E-state index is 13.5. The number of ether oxygens (including phenoxy) is 1. The van der Waals surface area contributed by atoms with Gasteiger partial charge in [0.25, 0.3) is 15.9 Å². The second kappa shape index (κ2) is 10.5. The van der Waals surface area contributed by atoms with E-state index in [1.54, 1.807) is 42.5 Å². The van der Waals surface area contributed by atoms with Crippen LogP contribution in [0.2, 0.25) is 0 Å². The molecular formula is C24H26N4O6S. The van der Waals surface area contributed by atoms with Crippen LogP contribution in [0.1, 0.15) is 23.4 Å². The average Bonchev–Trinajstić information content (AvgIpc) is 3.57. The summed E-state index contributed by atoms with van der Waals surface area (Å²) in [6.07, 6.45) is 3.29. The van der Waals surface area contributed by atoms with Crippen LogP contribution in [0, 0.1) is 0 Å². The lowest BCUT2D eigenvalue weighted by atomic mass is 10.2. The number of furan rings is 1. The van der Waals surface area contributed by atoms with Gasteiger partial charge in [0.05, 0.1) is 31.3 Å². The van der Waals surface area contributed by atoms with Gasteiger partial charge in [0.2, 0.25) is 5.91 Å². The Bertz CT molecular complexity index is 1300. The molecule has 184 valence electrons. The Hall–Kier alpha value is -3.99. The Morgan fingerprint density at radius 3 is 2.54 bits per heavy atom. The van der Waals surface area contributed by atoms with Gasteiger partial charge in [-0.2, -0.15) is 0 Å². The SMILES string of the molecule is COc1ccccc1NS(=O)(=O)c1cc(NC(=O)CNC(=O)c2ccco2)ccc1N1CCCC1. The molecule has 0 saturated carbocycles. The Morgan fingerprint density at radius 1 is 1.06 bits per heavy atom. The van der Waals surface area contributed by atoms with Crippen molar-refractivity contribution in [1.29, 1.82) is 0 Å². The molecule has 0 aliphatic carbocycles. The number of methoxy groups -OCH3 is 1. The molecule has 11 heteroatoms. The van der Waals surface area contributed by atoms with Crippen molar-refractivity contribution in [3.05, 3.63) is 66.6 Å². The third kappa shape index (κ3) is 5.75. The maximum atomic E-state index is 13.5. The molecule has 1 saturated heterocycles. The standard InChI is InChI=1S/C24H26N4O6S/c1-33-20-8-3-2-7-18(20)27-35(31,32)22-15-17(10-11-19(22)28-12-4-5-13-28)26-23(29)16-25-24(30)21-9-6-14-34-21/h2-3,6-11,14-15,27H,4-5,12-13,16H2,1H3,(H,25,30)(H,26,29). The smallest absolute Gasteiger partial charge is 0.287 e. The average molecular weight is 499 g/mol. The van der Waals surface area contributed by atoms with E-state index in [1.807, 2.05) is 4.90 Å². The van der Waals surface area contributed by atoms with E-state index in [2.05, 4.69) is 15.4 Å². The predicted octanol–water partition coefficient (Wildman–Crippen LogP) is 3.06. The van der Waals surface area contributed by atoms with Crippen molar-refractivity contribution in [2.24, 2.45) is 0 Å². The molecule has 0 spiro atoms. The number of amides is 2. The highest BCUT2D eigenvalue weighted by Crippen LogP contribution is 2.33. The number of hydrogen-bond acceptors (Lipinski definition) is 7. The van der Waals surface area contributed by atoms with E-state index < -0.39 is 21.8 Å². The largest absolute Gasteiger partial charge is 0.495 e. The molecule has 0 atom stereocenters. The first-order chi connectivity index (χ1) is 16.9. The van der Waals surface area contributed by atoms with Crippen LogP contribution < -0.4 is 25.0 Å². The van der Waals surface area contributed by atoms with Gasteiger partial charge in [0, 0.05) is 18.8 Å². The molecule has 10 nitrogen and oxygen atoms in total. The van der Waals surface area contributed by atoms with Crippen molar-refractivity contribution >= 4 is 38.9 Å². The molecule has 1 fully saturated rings. The van der Waals surface area contributed by atoms with Crippen molar-refractivity contribution in [2.45, 2.75) is 17.7 Å². The topological polar surface area (TPSA) is 130 Å². The van der Waals surface area contributed by atoms with E-state index in [0.717, 1.165) is 25.9 Å². The van der Waals surface area contributed by atoms with Gasteiger partial charge in [-0.15, -0.1) is 0 Å². The normalized spacial score (nSPS) is 13.3. The zero-order chi connectivity index (χ0) is 24.8. The van der Waals surface area contributed by atoms with Crippen molar-refractivity contribution in [2.75, 3.05) is 41.7 Å². The highest BCUT2D eigenvalue weighted by molar-refractivity contribution is 7.93. The molecule has 0 unspecified atom stereocenters. The minimum Gasteiger partial charge on any atom is -0.495 e. The third-order valence-electron chi connectivity index (χ3n) is 5.49. The summed E-state index contributed by atoms with van der Waals surface area (Å²) in [6, 6.07) is 14.5. The van der Waals surface area contributed by atoms with Crippen molar-refractivity contribution < 1.29 is 27.2 Å². The number of carbonyl (C=O) groups is 2. The number of carbonyl (C=O) groups excluding carboxylic acids is 2. The van der Waals surface area contributed by atoms with Gasteiger partial charge in [-0.25, -0.2) is 8.42 Å². The lowest BCUT2D eigenvalue weighted by Crippen LogP contribution is -2.32. The van der Waals surface area contributed by atoms with E-state index in [0.29, 0.717) is 17.1 Å². The van der Waals surface area contributed by atoms with E-state index in [9.17, 15) is 18.0 Å². The van der Waals surface area contributed by atoms with Crippen LogP contribution in [-0.4, -0.2) is 47.0 Å². The lowest BCUT2D eigenvalue weighted by molar-refractivity contribution is -0.115. The number of benzene rings is 2. The molecule has 2 aromatic carbocycles. The summed E-state index contributed by atoms with van der Waals surface area (Å²) in [7, 11) is -2.57. The van der Waals surface area contributed by atoms with Crippen LogP contribution in [0.25, 0.3) is 0 Å². The summed E-state index contributed by atoms with van der Waals surface area (Å²) >= 11 is 0. The molecular weight excluding hydrogens is 472 g/mol. The van der Waals surface area contributed by atoms with Gasteiger partial charge >= 0.3 is 0 Å². The Kier molecular flexibility index (Phi) is 7.25. The van der Waals surface area contributed by atoms with Crippen LogP contribution in [0.4, 0.5) is 17.1 Å². The maximum Gasteiger partial charge on any atom is 0.287 e. The van der Waals surface area contributed by atoms with Gasteiger partial charge in [-0.1, -0.05) is 12.1 Å². The van der Waals surface area contributed by atoms with E-state index in [1.165, 1.54) is 25.5 Å². The van der Waals surface area contributed by atoms with Crippen molar-refractivity contribution in [3.8, 4) is 5.75 Å². The summed E-state index contributed by atoms with van der Waals surface area (Å²) in [4.78, 5) is 26.4. The number of sulfonamides is 1. The fourth-order valence-corrected chi connectivity index (χ4v) is 5.14. The fourth-order valence-electron chi connectivity index (χ4n) is 3.82. The van der Waals surface area contributed by atoms with Gasteiger partial charge in [0.15, 0.2) is 5.76 Å². The number of nitrogens with one attached hydrogen (secondary N) is 3. The summed E-state index contributed by atoms with van der Waals surface area (Å²) in [5.41, 5.74) is 1.14. The molecule has 4 rings (SSSR count). The zero-order valence-electron chi connectivity index (χ0n) is 19.1. The molecule has 1 aliphatic rings. The molecule has 35 heavy (non-hydrogen) atoms. The third-order valence-corrected chi connectivity index (χ3v) is 6.88. The summed E-state index contributed by atoms with van der Waals surface area (Å²) < 4.78 is 39.8. The van der Waals surface area contributed by atoms with Crippen LogP contribution in [0.3, 0.4) is 0 Å². The minimum absolute atomic E-state index is 0.0303. The van der Waals surface area contributed by atoms with Crippen LogP contribution in [0.5, 0.6) is 5.75 Å². The molecule has 3 aromatic rings. The quantitative estimate of drug-likeness (QED) is 0.413. The van der Waals surface area contributed by atoms with Gasteiger partial charge < -0.3 is 24.7 Å². The molecule has 2 amide bonds. The molecule has 0 bridgehead atoms. The lowest BCUT2D eigenvalue weighted by Gasteiger charge is -2.23. The Balaban J connectivity index is 1.56. The van der Waals surface area contributed by atoms with Crippen molar-refractivity contribution in [1.82, 2.24) is 5.32 Å². The Labute approximate surface area is 203 Å². The zero-order valence-corrected chi connectivity index (χ0v) is 19.9. The van der Waals surface area contributed by atoms with E-state index in [-0.39, 0.29) is 22.9 Å². The first-order valence-electron chi connectivity index (χ1n) is 11.0. The van der Waals surface area contributed by atoms with E-state index in [4.69, 9.17) is 9.15 Å². The first kappa shape index (κ1) is 24.1. The second-order valence-electron chi connectivity index (χ2n) is 7.89. The van der Waals surface area contributed by atoms with Crippen LogP contribution in [0.15, 0.2) is 70.2 Å². The molecule has 3 N–H and O–H groups in total. The minimum atomic E-state index is -4.03. The fraction of sp³-hybridized carbons (Fsp3) is 0.250. The molecule has 1 aliphatic heterocycles. The second-order valence-corrected chi connectivity index (χ2v) is 9.54. The summed E-state index contributed by atoms with van der Waals surface area (Å²) in [5.74, 6) is -0.571. The molecule has 2 heterocycles. The van der Waals surface area contributed by atoms with E-state index >= 15 is 0 Å². The monoisotopic (exact) mass is 498 g/mol. The number of nitrogens with zero attached hydrogens (tertiary/aromatic N) is 1. The predicted molar refractivity (Wildman–Crippen MR) is 131 cm³/mol. The molecule has 0 radical (unpaired) electrons. The van der Waals surface area contributed by atoms with Gasteiger partial charge in [-0.3, -0.25) is 14.3 Å². The first-order valence-corrected chi connectivity index (χ1v) is 12.5. The highest BCUT2D eigenvalue weighted by Gasteiger charge is 2.26. The molecule has 1 aromatic heterocycles. The Morgan fingerprint density at radius 2 is 1.83 bits per heavy atom. The number of anilines is 3. The van der Waals surface area contributed by atoms with Gasteiger partial charge in [-0.05, 0) is 55.3 Å². The number of rotatable bonds is 9. The highest BCUT2D eigenvalue weighted by atomic mass is 32.2. The number of para-hydroxylation sites is 2.